The highest BCUT2D eigenvalue weighted by molar-refractivity contribution is 7.21. The molecular weight excluding hydrogens is 456 g/mol. The minimum Gasteiger partial charge on any atom is -0.381 e. The number of nitrogens with zero attached hydrogens (tertiary/aromatic N) is 2. The zero-order valence-electron chi connectivity index (χ0n) is 19.7. The van der Waals surface area contributed by atoms with Gasteiger partial charge in [0.2, 0.25) is 0 Å². The van der Waals surface area contributed by atoms with E-state index in [1.54, 1.807) is 0 Å². The highest BCUT2D eigenvalue weighted by Gasteiger charge is 2.25. The zero-order chi connectivity index (χ0) is 23.9. The second-order valence-corrected chi connectivity index (χ2v) is 10.7. The van der Waals surface area contributed by atoms with Crippen molar-refractivity contribution in [3.05, 3.63) is 59.0 Å². The van der Waals surface area contributed by atoms with E-state index in [2.05, 4.69) is 64.1 Å². The van der Waals surface area contributed by atoms with E-state index in [1.165, 1.54) is 16.9 Å². The Morgan fingerprint density at radius 1 is 1.09 bits per heavy atom. The molecule has 6 nitrogen and oxygen atoms in total. The second-order valence-electron chi connectivity index (χ2n) is 9.63. The number of benzene rings is 2. The van der Waals surface area contributed by atoms with Crippen LogP contribution in [0.15, 0.2) is 48.5 Å². The largest absolute Gasteiger partial charge is 0.381 e. The molecule has 2 N–H and O–H groups in total. The fourth-order valence-electron chi connectivity index (χ4n) is 5.37. The van der Waals surface area contributed by atoms with Crippen LogP contribution in [0.4, 0.5) is 5.69 Å². The number of carbonyl (C=O) groups is 2. The van der Waals surface area contributed by atoms with Gasteiger partial charge < -0.3 is 15.4 Å². The van der Waals surface area contributed by atoms with Crippen LogP contribution in [0.25, 0.3) is 32.2 Å². The van der Waals surface area contributed by atoms with E-state index in [1.807, 2.05) is 6.92 Å². The number of anilines is 1. The lowest BCUT2D eigenvalue weighted by Gasteiger charge is -2.30. The third kappa shape index (κ3) is 4.09. The summed E-state index contributed by atoms with van der Waals surface area (Å²) in [5.74, 6) is 0.539. The maximum atomic E-state index is 12.7. The van der Waals surface area contributed by atoms with E-state index in [-0.39, 0.29) is 11.9 Å². The molecule has 0 radical (unpaired) electrons. The van der Waals surface area contributed by atoms with Crippen molar-refractivity contribution >= 4 is 50.2 Å². The number of fused-ring (bicyclic) bond motifs is 5. The number of amides is 1. The maximum Gasteiger partial charge on any atom is 0.263 e. The lowest BCUT2D eigenvalue weighted by Crippen LogP contribution is -2.34. The molecule has 1 saturated heterocycles. The van der Waals surface area contributed by atoms with E-state index >= 15 is 0 Å². The van der Waals surface area contributed by atoms with Crippen molar-refractivity contribution in [1.29, 1.82) is 0 Å². The Hall–Kier alpha value is -3.29. The number of aromatic nitrogens is 1. The van der Waals surface area contributed by atoms with Crippen LogP contribution in [0.5, 0.6) is 0 Å². The first kappa shape index (κ1) is 22.2. The first-order chi connectivity index (χ1) is 17.1. The summed E-state index contributed by atoms with van der Waals surface area (Å²) in [4.78, 5) is 31.4. The molecule has 0 unspecified atom stereocenters. The summed E-state index contributed by atoms with van der Waals surface area (Å²) >= 11 is 1.53. The molecular formula is C28H28N4O2S. The van der Waals surface area contributed by atoms with Crippen LogP contribution in [0.2, 0.25) is 0 Å². The number of rotatable bonds is 4. The molecule has 0 aliphatic carbocycles. The number of likely N-dealkylation sites (tertiary alicyclic amines) is 1. The van der Waals surface area contributed by atoms with Crippen LogP contribution in [0.1, 0.15) is 40.9 Å². The Morgan fingerprint density at radius 3 is 2.66 bits per heavy atom. The smallest absolute Gasteiger partial charge is 0.263 e. The van der Waals surface area contributed by atoms with Gasteiger partial charge in [0.25, 0.3) is 5.91 Å². The highest BCUT2D eigenvalue weighted by Crippen LogP contribution is 2.41. The van der Waals surface area contributed by atoms with Gasteiger partial charge in [-0.25, -0.2) is 4.98 Å². The molecule has 0 saturated carbocycles. The summed E-state index contributed by atoms with van der Waals surface area (Å²) in [6.07, 6.45) is 3.18. The summed E-state index contributed by atoms with van der Waals surface area (Å²) in [6, 6.07) is 17.2. The minimum absolute atomic E-state index is 0.00840. The van der Waals surface area contributed by atoms with Gasteiger partial charge in [-0.15, -0.1) is 11.3 Å². The van der Waals surface area contributed by atoms with Gasteiger partial charge in [0.1, 0.15) is 11.2 Å². The molecule has 6 rings (SSSR count). The van der Waals surface area contributed by atoms with Gasteiger partial charge in [0, 0.05) is 33.6 Å². The Labute approximate surface area is 208 Å². The highest BCUT2D eigenvalue weighted by atomic mass is 32.1. The van der Waals surface area contributed by atoms with E-state index in [9.17, 15) is 9.59 Å². The van der Waals surface area contributed by atoms with Crippen molar-refractivity contribution in [2.45, 2.75) is 31.7 Å². The quantitative estimate of drug-likeness (QED) is 0.397. The Bertz CT molecular complexity index is 1420. The number of hydrogen-bond acceptors (Lipinski definition) is 6. The average molecular weight is 485 g/mol. The Balaban J connectivity index is 1.30. The molecule has 1 fully saturated rings. The van der Waals surface area contributed by atoms with E-state index < -0.39 is 0 Å². The molecule has 1 amide bonds. The third-order valence-corrected chi connectivity index (χ3v) is 8.44. The third-order valence-electron chi connectivity index (χ3n) is 7.29. The Morgan fingerprint density at radius 2 is 1.89 bits per heavy atom. The van der Waals surface area contributed by atoms with Gasteiger partial charge in [0.15, 0.2) is 0 Å². The van der Waals surface area contributed by atoms with Gasteiger partial charge in [-0.2, -0.15) is 0 Å². The van der Waals surface area contributed by atoms with Crippen molar-refractivity contribution in [2.24, 2.45) is 0 Å². The SMILES string of the molecule is C[C@@H]1CNc2c(sc3ccc4nc(-c5ccc(C6CCN(CC=O)CC6)cc5)ccc4c23)C(=O)N1. The first-order valence-electron chi connectivity index (χ1n) is 12.3. The van der Waals surface area contributed by atoms with Gasteiger partial charge >= 0.3 is 0 Å². The van der Waals surface area contributed by atoms with Gasteiger partial charge in [-0.05, 0) is 68.6 Å². The van der Waals surface area contributed by atoms with E-state index in [0.29, 0.717) is 19.0 Å². The van der Waals surface area contributed by atoms with Crippen LogP contribution in [-0.2, 0) is 4.79 Å². The second kappa shape index (κ2) is 9.06. The van der Waals surface area contributed by atoms with Crippen molar-refractivity contribution in [3.8, 4) is 11.3 Å². The van der Waals surface area contributed by atoms with Crippen molar-refractivity contribution < 1.29 is 9.59 Å². The number of nitrogens with one attached hydrogen (secondary N) is 2. The minimum atomic E-state index is -0.00840. The fraction of sp³-hybridized carbons (Fsp3) is 0.321. The zero-order valence-corrected chi connectivity index (χ0v) is 20.5. The molecule has 2 aliphatic rings. The molecule has 4 aromatic rings. The summed E-state index contributed by atoms with van der Waals surface area (Å²) in [6.45, 7) is 5.22. The van der Waals surface area contributed by atoms with Crippen molar-refractivity contribution in [1.82, 2.24) is 15.2 Å². The molecule has 7 heteroatoms. The summed E-state index contributed by atoms with van der Waals surface area (Å²) in [5, 5.41) is 8.70. The van der Waals surface area contributed by atoms with Gasteiger partial charge in [-0.3, -0.25) is 9.69 Å². The monoisotopic (exact) mass is 484 g/mol. The van der Waals surface area contributed by atoms with Crippen LogP contribution >= 0.6 is 11.3 Å². The molecule has 2 aliphatic heterocycles. The standard InChI is InChI=1S/C28H28N4O2S/c1-17-16-29-26-25-21-6-7-22(31-23(21)8-9-24(25)35-27(26)28(34)30-17)20-4-2-18(3-5-20)19-10-12-32(13-11-19)14-15-33/h2-9,15,17,19,29H,10-14,16H2,1H3,(H,30,34)/t17-/m1/s1. The lowest BCUT2D eigenvalue weighted by molar-refractivity contribution is -0.109. The molecule has 2 aromatic carbocycles. The molecule has 4 heterocycles. The van der Waals surface area contributed by atoms with Gasteiger partial charge in [0.05, 0.1) is 23.4 Å². The maximum absolute atomic E-state index is 12.7. The molecule has 178 valence electrons. The normalized spacial score (nSPS) is 19.2. The predicted octanol–water partition coefficient (Wildman–Crippen LogP) is 5.04. The first-order valence-corrected chi connectivity index (χ1v) is 13.1. The number of pyridine rings is 1. The van der Waals surface area contributed by atoms with E-state index in [0.717, 1.165) is 75.0 Å². The average Bonchev–Trinajstić information content (AvgIpc) is 3.21. The molecule has 0 bridgehead atoms. The van der Waals surface area contributed by atoms with Gasteiger partial charge in [-0.1, -0.05) is 24.3 Å². The number of thiophene rings is 1. The number of hydrogen-bond donors (Lipinski definition) is 2. The number of aldehydes is 1. The Kier molecular flexibility index (Phi) is 5.74. The predicted molar refractivity (Wildman–Crippen MR) is 142 cm³/mol. The van der Waals surface area contributed by atoms with Crippen LogP contribution in [0, 0.1) is 0 Å². The summed E-state index contributed by atoms with van der Waals surface area (Å²) in [7, 11) is 0. The van der Waals surface area contributed by atoms with Crippen molar-refractivity contribution in [2.75, 3.05) is 31.5 Å². The van der Waals surface area contributed by atoms with Crippen LogP contribution in [0.3, 0.4) is 0 Å². The molecule has 35 heavy (non-hydrogen) atoms. The summed E-state index contributed by atoms with van der Waals surface area (Å²) in [5.41, 5.74) is 5.27. The van der Waals surface area contributed by atoms with Crippen LogP contribution in [-0.4, -0.2) is 54.3 Å². The fourth-order valence-corrected chi connectivity index (χ4v) is 6.46. The molecule has 2 aromatic heterocycles. The lowest BCUT2D eigenvalue weighted by atomic mass is 9.89. The molecule has 1 atom stereocenters. The number of piperidine rings is 1. The summed E-state index contributed by atoms with van der Waals surface area (Å²) < 4.78 is 1.10. The van der Waals surface area contributed by atoms with E-state index in [4.69, 9.17) is 4.98 Å². The molecule has 0 spiro atoms. The number of carbonyl (C=O) groups excluding carboxylic acids is 2. The van der Waals surface area contributed by atoms with Crippen LogP contribution < -0.4 is 10.6 Å². The topological polar surface area (TPSA) is 74.3 Å². The van der Waals surface area contributed by atoms with Crippen molar-refractivity contribution in [3.63, 3.8) is 0 Å².